The number of sulfonamides is 1. The molecule has 0 aromatic rings. The Morgan fingerprint density at radius 1 is 1.25 bits per heavy atom. The molecule has 1 heterocycles. The maximum Gasteiger partial charge on any atom is 0.326 e. The Bertz CT molecular complexity index is 525. The summed E-state index contributed by atoms with van der Waals surface area (Å²) in [6.45, 7) is 6.41. The third-order valence-electron chi connectivity index (χ3n) is 4.30. The summed E-state index contributed by atoms with van der Waals surface area (Å²) in [4.78, 5) is 23.5. The van der Waals surface area contributed by atoms with Crippen LogP contribution in [0, 0.1) is 11.8 Å². The molecule has 2 N–H and O–H groups in total. The fraction of sp³-hybridized carbons (Fsp3) is 0.875. The van der Waals surface area contributed by atoms with Crippen LogP contribution in [0.4, 0.5) is 0 Å². The monoisotopic (exact) mass is 362 g/mol. The maximum atomic E-state index is 12.3. The van der Waals surface area contributed by atoms with E-state index < -0.39 is 22.0 Å². The quantitative estimate of drug-likeness (QED) is 0.646. The minimum atomic E-state index is -3.24. The first-order valence-electron chi connectivity index (χ1n) is 8.68. The predicted octanol–water partition coefficient (Wildman–Crippen LogP) is 1.44. The van der Waals surface area contributed by atoms with Gasteiger partial charge in [0.2, 0.25) is 15.9 Å². The Labute approximate surface area is 144 Å². The molecule has 1 fully saturated rings. The van der Waals surface area contributed by atoms with E-state index in [0.717, 1.165) is 6.42 Å². The zero-order valence-corrected chi connectivity index (χ0v) is 15.6. The second kappa shape index (κ2) is 9.36. The van der Waals surface area contributed by atoms with Gasteiger partial charge in [-0.05, 0) is 31.6 Å². The molecule has 0 aromatic carbocycles. The van der Waals surface area contributed by atoms with E-state index in [1.165, 1.54) is 4.31 Å². The third-order valence-corrected chi connectivity index (χ3v) is 6.25. The molecule has 1 aliphatic heterocycles. The molecular weight excluding hydrogens is 332 g/mol. The number of piperidine rings is 1. The molecule has 1 rings (SSSR count). The Hall–Kier alpha value is -1.15. The molecule has 7 nitrogen and oxygen atoms in total. The van der Waals surface area contributed by atoms with Gasteiger partial charge in [0.1, 0.15) is 6.04 Å². The number of carbonyl (C=O) groups excluding carboxylic acids is 1. The second-order valence-corrected chi connectivity index (χ2v) is 8.96. The molecule has 0 unspecified atom stereocenters. The molecule has 1 amide bonds. The van der Waals surface area contributed by atoms with E-state index >= 15 is 0 Å². The molecule has 1 saturated heterocycles. The Morgan fingerprint density at radius 2 is 1.83 bits per heavy atom. The lowest BCUT2D eigenvalue weighted by Gasteiger charge is -2.31. The van der Waals surface area contributed by atoms with Crippen LogP contribution in [-0.2, 0) is 19.6 Å². The lowest BCUT2D eigenvalue weighted by molar-refractivity contribution is -0.143. The van der Waals surface area contributed by atoms with Gasteiger partial charge in [-0.1, -0.05) is 27.2 Å². The molecular formula is C16H30N2O5S. The van der Waals surface area contributed by atoms with E-state index in [1.807, 2.05) is 20.8 Å². The van der Waals surface area contributed by atoms with Crippen molar-refractivity contribution in [2.24, 2.45) is 11.8 Å². The summed E-state index contributed by atoms with van der Waals surface area (Å²) >= 11 is 0. The highest BCUT2D eigenvalue weighted by Gasteiger charge is 2.32. The molecule has 0 radical (unpaired) electrons. The first-order chi connectivity index (χ1) is 11.2. The highest BCUT2D eigenvalue weighted by molar-refractivity contribution is 7.89. The van der Waals surface area contributed by atoms with Crippen molar-refractivity contribution in [1.29, 1.82) is 0 Å². The number of nitrogens with one attached hydrogen (secondary N) is 1. The number of hydrogen-bond donors (Lipinski definition) is 2. The number of unbranched alkanes of at least 4 members (excludes halogenated alkanes) is 1. The van der Waals surface area contributed by atoms with E-state index in [0.29, 0.717) is 38.8 Å². The van der Waals surface area contributed by atoms with Crippen molar-refractivity contribution < 1.29 is 23.1 Å². The number of carboxylic acid groups (broad SMARTS) is 1. The van der Waals surface area contributed by atoms with Crippen LogP contribution in [0.1, 0.15) is 52.9 Å². The minimum Gasteiger partial charge on any atom is -0.480 e. The van der Waals surface area contributed by atoms with Gasteiger partial charge in [-0.2, -0.15) is 0 Å². The molecule has 1 atom stereocenters. The number of rotatable bonds is 9. The van der Waals surface area contributed by atoms with Crippen molar-refractivity contribution in [3.8, 4) is 0 Å². The van der Waals surface area contributed by atoms with Crippen LogP contribution in [0.15, 0.2) is 0 Å². The molecule has 1 aliphatic rings. The number of carbonyl (C=O) groups is 2. The molecule has 0 spiro atoms. The van der Waals surface area contributed by atoms with Gasteiger partial charge in [-0.3, -0.25) is 4.79 Å². The van der Waals surface area contributed by atoms with Crippen LogP contribution in [0.3, 0.4) is 0 Å². The smallest absolute Gasteiger partial charge is 0.326 e. The zero-order valence-electron chi connectivity index (χ0n) is 14.8. The summed E-state index contributed by atoms with van der Waals surface area (Å²) in [5, 5.41) is 11.8. The highest BCUT2D eigenvalue weighted by atomic mass is 32.2. The summed E-state index contributed by atoms with van der Waals surface area (Å²) < 4.78 is 25.8. The van der Waals surface area contributed by atoms with Crippen molar-refractivity contribution >= 4 is 21.9 Å². The largest absolute Gasteiger partial charge is 0.480 e. The van der Waals surface area contributed by atoms with Gasteiger partial charge in [0.05, 0.1) is 5.75 Å². The fourth-order valence-electron chi connectivity index (χ4n) is 2.83. The van der Waals surface area contributed by atoms with Crippen LogP contribution < -0.4 is 5.32 Å². The van der Waals surface area contributed by atoms with Gasteiger partial charge in [0.15, 0.2) is 0 Å². The predicted molar refractivity (Wildman–Crippen MR) is 92.0 cm³/mol. The van der Waals surface area contributed by atoms with Gasteiger partial charge in [-0.25, -0.2) is 17.5 Å². The highest BCUT2D eigenvalue weighted by Crippen LogP contribution is 2.21. The molecule has 8 heteroatoms. The molecule has 140 valence electrons. The minimum absolute atomic E-state index is 0.149. The molecule has 24 heavy (non-hydrogen) atoms. The zero-order chi connectivity index (χ0) is 18.3. The maximum absolute atomic E-state index is 12.3. The van der Waals surface area contributed by atoms with Crippen LogP contribution >= 0.6 is 0 Å². The van der Waals surface area contributed by atoms with Gasteiger partial charge < -0.3 is 10.4 Å². The number of carboxylic acids is 1. The summed E-state index contributed by atoms with van der Waals surface area (Å²) in [5.41, 5.74) is 0. The van der Waals surface area contributed by atoms with E-state index in [1.54, 1.807) is 0 Å². The number of nitrogens with zero attached hydrogens (tertiary/aromatic N) is 1. The first kappa shape index (κ1) is 20.9. The normalized spacial score (nSPS) is 18.5. The topological polar surface area (TPSA) is 104 Å². The Morgan fingerprint density at radius 3 is 2.29 bits per heavy atom. The summed E-state index contributed by atoms with van der Waals surface area (Å²) in [7, 11) is -3.24. The summed E-state index contributed by atoms with van der Waals surface area (Å²) in [6, 6.07) is -0.885. The third kappa shape index (κ3) is 6.39. The standard InChI is InChI=1S/C16H30N2O5S/c1-4-5-10-24(22,23)18-8-6-13(7-9-18)15(19)17-14(16(20)21)11-12(2)3/h12-14H,4-11H2,1-3H3,(H,17,19)(H,20,21)/t14-/m1/s1. The molecule has 0 bridgehead atoms. The van der Waals surface area contributed by atoms with Crippen molar-refractivity contribution in [3.63, 3.8) is 0 Å². The van der Waals surface area contributed by atoms with Crippen molar-refractivity contribution in [1.82, 2.24) is 9.62 Å². The van der Waals surface area contributed by atoms with E-state index in [9.17, 15) is 23.1 Å². The van der Waals surface area contributed by atoms with Gasteiger partial charge in [0.25, 0.3) is 0 Å². The first-order valence-corrected chi connectivity index (χ1v) is 10.3. The van der Waals surface area contributed by atoms with Crippen LogP contribution in [0.25, 0.3) is 0 Å². The van der Waals surface area contributed by atoms with Crippen molar-refractivity contribution in [2.75, 3.05) is 18.8 Å². The lowest BCUT2D eigenvalue weighted by Crippen LogP contribution is -2.48. The number of amides is 1. The van der Waals surface area contributed by atoms with E-state index in [4.69, 9.17) is 0 Å². The Balaban J connectivity index is 2.54. The summed E-state index contributed by atoms with van der Waals surface area (Å²) in [6.07, 6.45) is 2.71. The van der Waals surface area contributed by atoms with E-state index in [-0.39, 0.29) is 23.5 Å². The average Bonchev–Trinajstić information content (AvgIpc) is 2.52. The van der Waals surface area contributed by atoms with Gasteiger partial charge >= 0.3 is 5.97 Å². The van der Waals surface area contributed by atoms with Crippen LogP contribution in [0.2, 0.25) is 0 Å². The second-order valence-electron chi connectivity index (χ2n) is 6.87. The van der Waals surface area contributed by atoms with Crippen molar-refractivity contribution in [3.05, 3.63) is 0 Å². The number of aliphatic carboxylic acids is 1. The van der Waals surface area contributed by atoms with Gasteiger partial charge in [0, 0.05) is 19.0 Å². The van der Waals surface area contributed by atoms with E-state index in [2.05, 4.69) is 5.32 Å². The van der Waals surface area contributed by atoms with Crippen LogP contribution in [0.5, 0.6) is 0 Å². The lowest BCUT2D eigenvalue weighted by atomic mass is 9.96. The summed E-state index contributed by atoms with van der Waals surface area (Å²) in [5.74, 6) is -1.32. The molecule has 0 aromatic heterocycles. The molecule has 0 saturated carbocycles. The SMILES string of the molecule is CCCCS(=O)(=O)N1CCC(C(=O)N[C@H](CC(C)C)C(=O)O)CC1. The van der Waals surface area contributed by atoms with Crippen molar-refractivity contribution in [2.45, 2.75) is 58.9 Å². The Kier molecular flexibility index (Phi) is 8.15. The fourth-order valence-corrected chi connectivity index (χ4v) is 4.51. The number of hydrogen-bond acceptors (Lipinski definition) is 4. The van der Waals surface area contributed by atoms with Gasteiger partial charge in [-0.15, -0.1) is 0 Å². The average molecular weight is 362 g/mol. The van der Waals surface area contributed by atoms with Crippen LogP contribution in [-0.4, -0.2) is 54.6 Å². The molecule has 0 aliphatic carbocycles.